The maximum absolute atomic E-state index is 12.0. The molecule has 5 heteroatoms. The first-order valence-corrected chi connectivity index (χ1v) is 6.00. The number of amides is 1. The maximum Gasteiger partial charge on any atom is 0.244 e. The molecule has 0 spiro atoms. The predicted octanol–water partition coefficient (Wildman–Crippen LogP) is 0.180. The van der Waals surface area contributed by atoms with E-state index in [9.17, 15) is 4.79 Å². The average molecular weight is 225 g/mol. The second kappa shape index (κ2) is 4.74. The summed E-state index contributed by atoms with van der Waals surface area (Å²) in [5.74, 6) is 0.0369. The molecule has 3 N–H and O–H groups in total. The molecule has 82 valence electrons. The maximum atomic E-state index is 12.0. The van der Waals surface area contributed by atoms with Crippen LogP contribution in [0.5, 0.6) is 0 Å². The van der Waals surface area contributed by atoms with E-state index in [4.69, 9.17) is 5.73 Å². The Morgan fingerprint density at radius 3 is 2.87 bits per heavy atom. The highest BCUT2D eigenvalue weighted by molar-refractivity contribution is 7.08. The summed E-state index contributed by atoms with van der Waals surface area (Å²) >= 11 is 1.57. The zero-order valence-electron chi connectivity index (χ0n) is 8.48. The van der Waals surface area contributed by atoms with Crippen LogP contribution in [0.15, 0.2) is 16.8 Å². The molecular weight excluding hydrogens is 210 g/mol. The van der Waals surface area contributed by atoms with Gasteiger partial charge in [-0.05, 0) is 22.4 Å². The molecule has 1 fully saturated rings. The molecule has 1 aromatic heterocycles. The van der Waals surface area contributed by atoms with E-state index in [1.165, 1.54) is 0 Å². The van der Waals surface area contributed by atoms with E-state index in [1.54, 1.807) is 11.3 Å². The van der Waals surface area contributed by atoms with Gasteiger partial charge in [0.05, 0.1) is 0 Å². The zero-order valence-corrected chi connectivity index (χ0v) is 9.30. The van der Waals surface area contributed by atoms with Gasteiger partial charge in [0.1, 0.15) is 6.04 Å². The van der Waals surface area contributed by atoms with Crippen LogP contribution in [0.25, 0.3) is 0 Å². The number of hydrogen-bond donors (Lipinski definition) is 2. The zero-order chi connectivity index (χ0) is 10.7. The van der Waals surface area contributed by atoms with Crippen LogP contribution < -0.4 is 11.1 Å². The van der Waals surface area contributed by atoms with Crippen molar-refractivity contribution in [2.75, 3.05) is 26.2 Å². The minimum Gasteiger partial charge on any atom is -0.339 e. The highest BCUT2D eigenvalue weighted by atomic mass is 32.1. The van der Waals surface area contributed by atoms with Crippen molar-refractivity contribution >= 4 is 17.2 Å². The van der Waals surface area contributed by atoms with E-state index in [1.807, 2.05) is 21.7 Å². The molecule has 1 aromatic rings. The molecule has 0 aromatic carbocycles. The molecule has 2 rings (SSSR count). The molecule has 4 nitrogen and oxygen atoms in total. The minimum atomic E-state index is -0.491. The Hall–Kier alpha value is -0.910. The van der Waals surface area contributed by atoms with Crippen LogP contribution in [0, 0.1) is 0 Å². The van der Waals surface area contributed by atoms with E-state index in [0.717, 1.165) is 31.7 Å². The fourth-order valence-electron chi connectivity index (χ4n) is 1.68. The molecule has 0 radical (unpaired) electrons. The summed E-state index contributed by atoms with van der Waals surface area (Å²) in [5, 5.41) is 7.09. The van der Waals surface area contributed by atoms with Crippen LogP contribution in [0.2, 0.25) is 0 Å². The second-order valence-corrected chi connectivity index (χ2v) is 4.39. The van der Waals surface area contributed by atoms with Gasteiger partial charge in [0.2, 0.25) is 5.91 Å². The third-order valence-corrected chi connectivity index (χ3v) is 3.30. The van der Waals surface area contributed by atoms with Gasteiger partial charge in [-0.1, -0.05) is 0 Å². The van der Waals surface area contributed by atoms with Crippen LogP contribution in [0.3, 0.4) is 0 Å². The fraction of sp³-hybridized carbons (Fsp3) is 0.500. The molecular formula is C10H15N3OS. The number of nitrogens with two attached hydrogens (primary N) is 1. The summed E-state index contributed by atoms with van der Waals surface area (Å²) in [6.07, 6.45) is 0. The molecule has 0 aliphatic carbocycles. The Bertz CT molecular complexity index is 319. The molecule has 0 saturated carbocycles. The van der Waals surface area contributed by atoms with Gasteiger partial charge in [0.15, 0.2) is 0 Å². The lowest BCUT2D eigenvalue weighted by atomic mass is 10.1. The lowest BCUT2D eigenvalue weighted by Crippen LogP contribution is -2.49. The van der Waals surface area contributed by atoms with Crippen LogP contribution in [-0.4, -0.2) is 37.0 Å². The Morgan fingerprint density at radius 2 is 2.27 bits per heavy atom. The number of nitrogens with one attached hydrogen (secondary N) is 1. The molecule has 1 saturated heterocycles. The number of carbonyl (C=O) groups excluding carboxylic acids is 1. The van der Waals surface area contributed by atoms with Gasteiger partial charge in [-0.3, -0.25) is 4.79 Å². The minimum absolute atomic E-state index is 0.0369. The number of hydrogen-bond acceptors (Lipinski definition) is 4. The van der Waals surface area contributed by atoms with Crippen molar-refractivity contribution in [2.24, 2.45) is 5.73 Å². The van der Waals surface area contributed by atoms with Gasteiger partial charge >= 0.3 is 0 Å². The van der Waals surface area contributed by atoms with Crippen molar-refractivity contribution in [3.8, 4) is 0 Å². The van der Waals surface area contributed by atoms with Crippen LogP contribution >= 0.6 is 11.3 Å². The molecule has 2 heterocycles. The van der Waals surface area contributed by atoms with Gasteiger partial charge in [-0.2, -0.15) is 11.3 Å². The quantitative estimate of drug-likeness (QED) is 0.755. The van der Waals surface area contributed by atoms with Gasteiger partial charge in [0.25, 0.3) is 0 Å². The van der Waals surface area contributed by atoms with Crippen LogP contribution in [-0.2, 0) is 4.79 Å². The Labute approximate surface area is 93.1 Å². The smallest absolute Gasteiger partial charge is 0.244 e. The highest BCUT2D eigenvalue weighted by Gasteiger charge is 2.23. The topological polar surface area (TPSA) is 58.4 Å². The van der Waals surface area contributed by atoms with E-state index in [2.05, 4.69) is 5.32 Å². The summed E-state index contributed by atoms with van der Waals surface area (Å²) in [5.41, 5.74) is 6.83. The molecule has 15 heavy (non-hydrogen) atoms. The second-order valence-electron chi connectivity index (χ2n) is 3.61. The van der Waals surface area contributed by atoms with Crippen molar-refractivity contribution in [1.82, 2.24) is 10.2 Å². The number of carbonyl (C=O) groups is 1. The molecule has 1 atom stereocenters. The first-order valence-electron chi connectivity index (χ1n) is 5.06. The van der Waals surface area contributed by atoms with Crippen LogP contribution in [0.1, 0.15) is 11.6 Å². The molecule has 0 bridgehead atoms. The summed E-state index contributed by atoms with van der Waals surface area (Å²) in [6, 6.07) is 1.42. The Balaban J connectivity index is 2.00. The SMILES string of the molecule is NC(C(=O)N1CCNCC1)c1ccsc1. The standard InChI is InChI=1S/C10H15N3OS/c11-9(8-1-6-15-7-8)10(14)13-4-2-12-3-5-13/h1,6-7,9,12H,2-5,11H2. The molecule has 1 unspecified atom stereocenters. The van der Waals surface area contributed by atoms with E-state index in [-0.39, 0.29) is 5.91 Å². The van der Waals surface area contributed by atoms with Gasteiger partial charge in [0, 0.05) is 26.2 Å². The lowest BCUT2D eigenvalue weighted by Gasteiger charge is -2.29. The first-order chi connectivity index (χ1) is 7.29. The van der Waals surface area contributed by atoms with E-state index in [0.29, 0.717) is 0 Å². The first kappa shape index (κ1) is 10.6. The van der Waals surface area contributed by atoms with E-state index < -0.39 is 6.04 Å². The number of rotatable bonds is 2. The Morgan fingerprint density at radius 1 is 1.53 bits per heavy atom. The van der Waals surface area contributed by atoms with Gasteiger partial charge in [-0.15, -0.1) is 0 Å². The average Bonchev–Trinajstić information content (AvgIpc) is 2.82. The predicted molar refractivity (Wildman–Crippen MR) is 60.7 cm³/mol. The van der Waals surface area contributed by atoms with Crippen molar-refractivity contribution in [3.63, 3.8) is 0 Å². The molecule has 1 aliphatic heterocycles. The van der Waals surface area contributed by atoms with Crippen molar-refractivity contribution in [1.29, 1.82) is 0 Å². The summed E-state index contributed by atoms with van der Waals surface area (Å²) in [4.78, 5) is 13.8. The highest BCUT2D eigenvalue weighted by Crippen LogP contribution is 2.16. The lowest BCUT2D eigenvalue weighted by molar-refractivity contribution is -0.133. The van der Waals surface area contributed by atoms with Crippen molar-refractivity contribution < 1.29 is 4.79 Å². The summed E-state index contributed by atoms with van der Waals surface area (Å²) in [6.45, 7) is 3.25. The van der Waals surface area contributed by atoms with Crippen molar-refractivity contribution in [2.45, 2.75) is 6.04 Å². The van der Waals surface area contributed by atoms with E-state index >= 15 is 0 Å². The monoisotopic (exact) mass is 225 g/mol. The number of piperazine rings is 1. The fourth-order valence-corrected chi connectivity index (χ4v) is 2.37. The molecule has 1 aliphatic rings. The van der Waals surface area contributed by atoms with Gasteiger partial charge < -0.3 is 16.0 Å². The summed E-state index contributed by atoms with van der Waals surface area (Å²) in [7, 11) is 0. The normalized spacial score (nSPS) is 18.9. The number of thiophene rings is 1. The molecule has 1 amide bonds. The third kappa shape index (κ3) is 2.37. The Kier molecular flexibility index (Phi) is 3.35. The van der Waals surface area contributed by atoms with Crippen molar-refractivity contribution in [3.05, 3.63) is 22.4 Å². The van der Waals surface area contributed by atoms with Crippen LogP contribution in [0.4, 0.5) is 0 Å². The largest absolute Gasteiger partial charge is 0.339 e. The summed E-state index contributed by atoms with van der Waals surface area (Å²) < 4.78 is 0. The number of nitrogens with zero attached hydrogens (tertiary/aromatic N) is 1. The van der Waals surface area contributed by atoms with Gasteiger partial charge in [-0.25, -0.2) is 0 Å². The third-order valence-electron chi connectivity index (χ3n) is 2.60.